The highest BCUT2D eigenvalue weighted by Gasteiger charge is 2.36. The molecule has 0 unspecified atom stereocenters. The number of carbonyl (C=O) groups is 1. The predicted molar refractivity (Wildman–Crippen MR) is 192 cm³/mol. The fourth-order valence-electron chi connectivity index (χ4n) is 6.47. The Morgan fingerprint density at radius 1 is 1.00 bits per heavy atom. The highest BCUT2D eigenvalue weighted by atomic mass is 31.2. The first kappa shape index (κ1) is 38.8. The maximum atomic E-state index is 14.3. The van der Waals surface area contributed by atoms with Gasteiger partial charge in [0, 0.05) is 18.0 Å². The number of carbonyl (C=O) groups excluding carboxylic acids is 1. The van der Waals surface area contributed by atoms with Crippen LogP contribution in [0.5, 0.6) is 5.75 Å². The molecule has 4 aromatic rings. The number of pyridine rings is 1. The molecular weight excluding hydrogens is 702 g/mol. The second-order valence-corrected chi connectivity index (χ2v) is 14.5. The van der Waals surface area contributed by atoms with Gasteiger partial charge >= 0.3 is 19.7 Å². The Morgan fingerprint density at radius 3 is 2.33 bits per heavy atom. The maximum Gasteiger partial charge on any atom is 0.421 e. The number of H-pyrrole nitrogens is 1. The van der Waals surface area contributed by atoms with Gasteiger partial charge in [0.05, 0.1) is 61.3 Å². The summed E-state index contributed by atoms with van der Waals surface area (Å²) in [6.07, 6.45) is 0.0189. The van der Waals surface area contributed by atoms with Crippen molar-refractivity contribution < 1.29 is 41.1 Å². The number of halogens is 3. The molecule has 0 radical (unpaired) electrons. The van der Waals surface area contributed by atoms with Crippen molar-refractivity contribution in [2.75, 3.05) is 37.6 Å². The van der Waals surface area contributed by atoms with Crippen LogP contribution in [0.1, 0.15) is 74.6 Å². The van der Waals surface area contributed by atoms with E-state index in [1.165, 1.54) is 7.11 Å². The number of nitrogens with one attached hydrogen (secondary N) is 3. The van der Waals surface area contributed by atoms with E-state index in [-0.39, 0.29) is 65.4 Å². The number of benzene rings is 2. The molecule has 0 bridgehead atoms. The summed E-state index contributed by atoms with van der Waals surface area (Å²) in [6, 6.07) is 8.25. The molecule has 1 fully saturated rings. The lowest BCUT2D eigenvalue weighted by molar-refractivity contribution is -0.149. The second-order valence-electron chi connectivity index (χ2n) is 12.4. The van der Waals surface area contributed by atoms with E-state index in [0.717, 1.165) is 5.56 Å². The molecule has 12 nitrogen and oxygen atoms in total. The Balaban J connectivity index is 1.47. The van der Waals surface area contributed by atoms with E-state index in [9.17, 15) is 27.3 Å². The van der Waals surface area contributed by atoms with Crippen molar-refractivity contribution in [3.63, 3.8) is 0 Å². The number of nitrogens with zero attached hydrogens (tertiary/aromatic N) is 2. The van der Waals surface area contributed by atoms with E-state index in [1.807, 2.05) is 0 Å². The van der Waals surface area contributed by atoms with E-state index in [4.69, 9.17) is 18.5 Å². The third-order valence-corrected chi connectivity index (χ3v) is 11.0. The summed E-state index contributed by atoms with van der Waals surface area (Å²) in [5.41, 5.74) is 1.30. The molecule has 5 rings (SSSR count). The zero-order chi connectivity index (χ0) is 37.6. The molecule has 1 aliphatic rings. The lowest BCUT2D eigenvalue weighted by Gasteiger charge is -2.28. The van der Waals surface area contributed by atoms with E-state index >= 15 is 0 Å². The molecule has 0 atom stereocenters. The smallest absolute Gasteiger partial charge is 0.421 e. The van der Waals surface area contributed by atoms with Gasteiger partial charge in [-0.15, -0.1) is 0 Å². The van der Waals surface area contributed by atoms with E-state index in [1.54, 1.807) is 64.2 Å². The minimum Gasteiger partial charge on any atom is -0.495 e. The van der Waals surface area contributed by atoms with Gasteiger partial charge in [-0.25, -0.2) is 4.98 Å². The molecule has 280 valence electrons. The first-order valence-electron chi connectivity index (χ1n) is 17.2. The van der Waals surface area contributed by atoms with Crippen molar-refractivity contribution in [3.8, 4) is 5.75 Å². The summed E-state index contributed by atoms with van der Waals surface area (Å²) >= 11 is 0. The first-order valence-corrected chi connectivity index (χ1v) is 18.9. The normalized spacial score (nSPS) is 16.5. The molecule has 1 saturated carbocycles. The quantitative estimate of drug-likeness (QED) is 0.0839. The Hall–Kier alpha value is -4.46. The summed E-state index contributed by atoms with van der Waals surface area (Å²) in [4.78, 5) is 37.2. The molecule has 16 heteroatoms. The van der Waals surface area contributed by atoms with Gasteiger partial charge < -0.3 is 34.1 Å². The summed E-state index contributed by atoms with van der Waals surface area (Å²) in [7, 11) is -2.00. The van der Waals surface area contributed by atoms with Crippen molar-refractivity contribution in [2.45, 2.75) is 71.6 Å². The fraction of sp³-hybridized carbons (Fsp3) is 0.444. The summed E-state index contributed by atoms with van der Waals surface area (Å²) in [6.45, 7) is 7.53. The molecule has 0 spiro atoms. The Kier molecular flexibility index (Phi) is 12.3. The molecule has 2 aromatic heterocycles. The third kappa shape index (κ3) is 8.76. The van der Waals surface area contributed by atoms with Crippen LogP contribution in [0, 0.1) is 12.8 Å². The number of anilines is 4. The molecule has 2 heterocycles. The Bertz CT molecular complexity index is 2010. The molecule has 0 aliphatic heterocycles. The summed E-state index contributed by atoms with van der Waals surface area (Å²) in [5.74, 6) is -0.846. The Morgan fingerprint density at radius 2 is 1.69 bits per heavy atom. The van der Waals surface area contributed by atoms with Gasteiger partial charge in [0.25, 0.3) is 0 Å². The van der Waals surface area contributed by atoms with Gasteiger partial charge in [-0.05, 0) is 88.6 Å². The summed E-state index contributed by atoms with van der Waals surface area (Å²) in [5, 5.41) is 5.89. The number of hydrogen-bond acceptors (Lipinski definition) is 11. The third-order valence-electron chi connectivity index (χ3n) is 8.93. The van der Waals surface area contributed by atoms with Gasteiger partial charge in [-0.2, -0.15) is 18.2 Å². The second kappa shape index (κ2) is 16.5. The van der Waals surface area contributed by atoms with Crippen LogP contribution in [0.25, 0.3) is 10.9 Å². The SMILES string of the molecule is CCOC(=O)[C@H]1CC[C@@H](c2ccc(Nc3nc(Nc4ccc(CP(=O)(OCC)OCC)cc4OC)ncc3C(F)(F)F)c3c(=O)c(C)c[nH]c32)CC1. The highest BCUT2D eigenvalue weighted by Crippen LogP contribution is 2.52. The van der Waals surface area contributed by atoms with Gasteiger partial charge in [0.15, 0.2) is 5.43 Å². The van der Waals surface area contributed by atoms with Crippen molar-refractivity contribution in [2.24, 2.45) is 5.92 Å². The minimum atomic E-state index is -4.83. The number of hydrogen-bond donors (Lipinski definition) is 3. The molecule has 2 aromatic carbocycles. The minimum absolute atomic E-state index is 0.0175. The lowest BCUT2D eigenvalue weighted by atomic mass is 9.78. The van der Waals surface area contributed by atoms with Crippen molar-refractivity contribution in [1.82, 2.24) is 15.0 Å². The number of methoxy groups -OCH3 is 1. The van der Waals surface area contributed by atoms with Crippen molar-refractivity contribution in [3.05, 3.63) is 75.2 Å². The monoisotopic (exact) mass is 745 g/mol. The molecule has 3 N–H and O–H groups in total. The topological polar surface area (TPSA) is 154 Å². The van der Waals surface area contributed by atoms with E-state index < -0.39 is 25.2 Å². The van der Waals surface area contributed by atoms with Crippen LogP contribution in [-0.2, 0) is 35.5 Å². The largest absolute Gasteiger partial charge is 0.495 e. The van der Waals surface area contributed by atoms with Crippen LogP contribution in [0.2, 0.25) is 0 Å². The zero-order valence-corrected chi connectivity index (χ0v) is 30.6. The first-order chi connectivity index (χ1) is 24.8. The average molecular weight is 746 g/mol. The van der Waals surface area contributed by atoms with Gasteiger partial charge in [-0.3, -0.25) is 14.2 Å². The fourth-order valence-corrected chi connectivity index (χ4v) is 8.16. The number of alkyl halides is 3. The molecular formula is C36H43F3N5O7P. The standard InChI is InChI=1S/C36H43F3N5O7P/c1-6-49-34(46)24-12-10-23(11-13-24)25-14-16-28(30-31(25)40-18-21(4)32(30)45)42-33-26(36(37,38)39)19-41-35(44-33)43-27-15-9-22(17-29(27)48-5)20-52(47,50-7-2)51-8-3/h9,14-19,23-24H,6-8,10-13,20H2,1-5H3,(H,40,45)(H2,41,42,43,44)/t23-,24+. The number of aromatic nitrogens is 3. The van der Waals surface area contributed by atoms with Crippen molar-refractivity contribution in [1.29, 1.82) is 0 Å². The number of rotatable bonds is 14. The molecule has 0 saturated heterocycles. The van der Waals surface area contributed by atoms with Crippen LogP contribution < -0.4 is 20.8 Å². The number of aromatic amines is 1. The number of ether oxygens (including phenoxy) is 2. The van der Waals surface area contributed by atoms with Gasteiger partial charge in [0.1, 0.15) is 17.1 Å². The molecule has 0 amide bonds. The van der Waals surface area contributed by atoms with Crippen molar-refractivity contribution >= 4 is 47.6 Å². The predicted octanol–water partition coefficient (Wildman–Crippen LogP) is 8.74. The highest BCUT2D eigenvalue weighted by molar-refractivity contribution is 7.53. The summed E-state index contributed by atoms with van der Waals surface area (Å²) < 4.78 is 77.5. The van der Waals surface area contributed by atoms with Crippen LogP contribution in [0.4, 0.5) is 36.3 Å². The zero-order valence-electron chi connectivity index (χ0n) is 29.7. The van der Waals surface area contributed by atoms with Crippen LogP contribution in [-0.4, -0.2) is 47.9 Å². The number of fused-ring (bicyclic) bond motifs is 1. The molecule has 52 heavy (non-hydrogen) atoms. The molecule has 1 aliphatic carbocycles. The lowest BCUT2D eigenvalue weighted by Crippen LogP contribution is -2.23. The van der Waals surface area contributed by atoms with Crippen LogP contribution >= 0.6 is 7.60 Å². The van der Waals surface area contributed by atoms with E-state index in [2.05, 4.69) is 25.6 Å². The van der Waals surface area contributed by atoms with Gasteiger partial charge in [0.2, 0.25) is 5.95 Å². The van der Waals surface area contributed by atoms with E-state index in [0.29, 0.717) is 60.8 Å². The number of esters is 1. The van der Waals surface area contributed by atoms with Crippen LogP contribution in [0.3, 0.4) is 0 Å². The van der Waals surface area contributed by atoms with Crippen LogP contribution in [0.15, 0.2) is 47.5 Å². The maximum absolute atomic E-state index is 14.3. The number of aryl methyl sites for hydroxylation is 1. The Labute approximate surface area is 299 Å². The van der Waals surface area contributed by atoms with Gasteiger partial charge in [-0.1, -0.05) is 12.1 Å². The average Bonchev–Trinajstić information content (AvgIpc) is 3.10.